The smallest absolute Gasteiger partial charge is 0.305 e. The van der Waals surface area contributed by atoms with Crippen LogP contribution in [0.5, 0.6) is 0 Å². The Hall–Kier alpha value is -2.10. The number of esters is 1. The van der Waals surface area contributed by atoms with Crippen LogP contribution in [0.25, 0.3) is 6.08 Å². The van der Waals surface area contributed by atoms with Crippen molar-refractivity contribution in [2.45, 2.75) is 32.6 Å². The minimum Gasteiger partial charge on any atom is -0.469 e. The number of amides is 1. The Balaban J connectivity index is 2.35. The van der Waals surface area contributed by atoms with E-state index in [9.17, 15) is 9.59 Å². The normalized spacial score (nSPS) is 10.9. The molecule has 0 unspecified atom stereocenters. The number of carbonyl (C=O) groups is 2. The zero-order valence-electron chi connectivity index (χ0n) is 12.9. The maximum absolute atomic E-state index is 11.6. The Bertz CT molecular complexity index is 489. The summed E-state index contributed by atoms with van der Waals surface area (Å²) in [4.78, 5) is 22.5. The Morgan fingerprint density at radius 2 is 1.90 bits per heavy atom. The molecule has 0 aliphatic rings. The SMILES string of the molecule is COC(=O)CCCNC(=O)C=Cc1ccc(C(C)C)cc1. The van der Waals surface area contributed by atoms with Gasteiger partial charge in [0.25, 0.3) is 0 Å². The van der Waals surface area contributed by atoms with E-state index in [1.807, 2.05) is 12.1 Å². The maximum atomic E-state index is 11.6. The summed E-state index contributed by atoms with van der Waals surface area (Å²) in [6.45, 7) is 4.75. The number of rotatable bonds is 7. The van der Waals surface area contributed by atoms with Gasteiger partial charge in [-0.3, -0.25) is 9.59 Å². The first kappa shape index (κ1) is 17.0. The highest BCUT2D eigenvalue weighted by molar-refractivity contribution is 5.91. The van der Waals surface area contributed by atoms with Gasteiger partial charge >= 0.3 is 5.97 Å². The monoisotopic (exact) mass is 289 g/mol. The van der Waals surface area contributed by atoms with Crippen molar-refractivity contribution in [3.05, 3.63) is 41.5 Å². The molecule has 4 heteroatoms. The van der Waals surface area contributed by atoms with E-state index in [0.717, 1.165) is 5.56 Å². The molecule has 0 atom stereocenters. The number of ether oxygens (including phenoxy) is 1. The molecule has 0 heterocycles. The topological polar surface area (TPSA) is 55.4 Å². The third-order valence-corrected chi connectivity index (χ3v) is 3.11. The van der Waals surface area contributed by atoms with Crippen molar-refractivity contribution in [3.8, 4) is 0 Å². The standard InChI is InChI=1S/C17H23NO3/c1-13(2)15-9-6-14(7-10-15)8-11-16(19)18-12-4-5-17(20)21-3/h6-11,13H,4-5,12H2,1-3H3,(H,18,19). The molecule has 0 aromatic heterocycles. The lowest BCUT2D eigenvalue weighted by molar-refractivity contribution is -0.140. The zero-order chi connectivity index (χ0) is 15.7. The van der Waals surface area contributed by atoms with Gasteiger partial charge in [-0.15, -0.1) is 0 Å². The van der Waals surface area contributed by atoms with E-state index >= 15 is 0 Å². The molecule has 114 valence electrons. The lowest BCUT2D eigenvalue weighted by atomic mass is 10.0. The van der Waals surface area contributed by atoms with Crippen LogP contribution in [0, 0.1) is 0 Å². The molecule has 4 nitrogen and oxygen atoms in total. The maximum Gasteiger partial charge on any atom is 0.305 e. The van der Waals surface area contributed by atoms with Crippen LogP contribution in [0.1, 0.15) is 43.7 Å². The van der Waals surface area contributed by atoms with Gasteiger partial charge in [0.05, 0.1) is 7.11 Å². The highest BCUT2D eigenvalue weighted by atomic mass is 16.5. The van der Waals surface area contributed by atoms with E-state index in [1.165, 1.54) is 18.7 Å². The Morgan fingerprint density at radius 3 is 2.48 bits per heavy atom. The molecule has 0 aliphatic carbocycles. The first-order chi connectivity index (χ1) is 10.0. The Labute approximate surface area is 126 Å². The van der Waals surface area contributed by atoms with E-state index in [4.69, 9.17) is 0 Å². The first-order valence-electron chi connectivity index (χ1n) is 7.15. The molecular formula is C17H23NO3. The van der Waals surface area contributed by atoms with Gasteiger partial charge in [0.1, 0.15) is 0 Å². The van der Waals surface area contributed by atoms with Gasteiger partial charge in [-0.25, -0.2) is 0 Å². The van der Waals surface area contributed by atoms with Gasteiger partial charge in [-0.05, 0) is 29.5 Å². The number of hydrogen-bond donors (Lipinski definition) is 1. The second-order valence-corrected chi connectivity index (χ2v) is 5.13. The molecule has 0 bridgehead atoms. The van der Waals surface area contributed by atoms with Gasteiger partial charge in [0, 0.05) is 19.0 Å². The van der Waals surface area contributed by atoms with Crippen LogP contribution < -0.4 is 5.32 Å². The second kappa shape index (κ2) is 8.95. The first-order valence-corrected chi connectivity index (χ1v) is 7.15. The number of carbonyl (C=O) groups excluding carboxylic acids is 2. The number of hydrogen-bond acceptors (Lipinski definition) is 3. The molecule has 1 amide bonds. The average molecular weight is 289 g/mol. The van der Waals surface area contributed by atoms with Gasteiger partial charge in [0.15, 0.2) is 0 Å². The summed E-state index contributed by atoms with van der Waals surface area (Å²) >= 11 is 0. The summed E-state index contributed by atoms with van der Waals surface area (Å²) < 4.78 is 4.52. The quantitative estimate of drug-likeness (QED) is 0.477. The fourth-order valence-corrected chi connectivity index (χ4v) is 1.77. The predicted molar refractivity (Wildman–Crippen MR) is 83.8 cm³/mol. The second-order valence-electron chi connectivity index (χ2n) is 5.13. The summed E-state index contributed by atoms with van der Waals surface area (Å²) in [5.41, 5.74) is 2.27. The molecule has 0 spiro atoms. The molecular weight excluding hydrogens is 266 g/mol. The minimum atomic E-state index is -0.259. The van der Waals surface area contributed by atoms with Crippen LogP contribution in [-0.4, -0.2) is 25.5 Å². The van der Waals surface area contributed by atoms with Crippen molar-refractivity contribution in [2.24, 2.45) is 0 Å². The van der Waals surface area contributed by atoms with Gasteiger partial charge in [-0.2, -0.15) is 0 Å². The predicted octanol–water partition coefficient (Wildman–Crippen LogP) is 2.89. The lowest BCUT2D eigenvalue weighted by Crippen LogP contribution is -2.22. The summed E-state index contributed by atoms with van der Waals surface area (Å²) in [7, 11) is 1.36. The van der Waals surface area contributed by atoms with Crippen molar-refractivity contribution < 1.29 is 14.3 Å². The number of methoxy groups -OCH3 is 1. The van der Waals surface area contributed by atoms with Crippen LogP contribution in [0.2, 0.25) is 0 Å². The van der Waals surface area contributed by atoms with E-state index in [1.54, 1.807) is 6.08 Å². The minimum absolute atomic E-state index is 0.159. The van der Waals surface area contributed by atoms with E-state index in [-0.39, 0.29) is 11.9 Å². The van der Waals surface area contributed by atoms with Crippen LogP contribution >= 0.6 is 0 Å². The van der Waals surface area contributed by atoms with Crippen LogP contribution in [-0.2, 0) is 14.3 Å². The van der Waals surface area contributed by atoms with Crippen molar-refractivity contribution in [3.63, 3.8) is 0 Å². The van der Waals surface area contributed by atoms with Gasteiger partial charge in [-0.1, -0.05) is 38.1 Å². The fraction of sp³-hybridized carbons (Fsp3) is 0.412. The molecule has 1 aromatic carbocycles. The highest BCUT2D eigenvalue weighted by Crippen LogP contribution is 2.15. The Morgan fingerprint density at radius 1 is 1.24 bits per heavy atom. The molecule has 1 rings (SSSR count). The molecule has 21 heavy (non-hydrogen) atoms. The van der Waals surface area contributed by atoms with Crippen molar-refractivity contribution in [2.75, 3.05) is 13.7 Å². The van der Waals surface area contributed by atoms with E-state index < -0.39 is 0 Å². The molecule has 0 saturated carbocycles. The number of benzene rings is 1. The summed E-state index contributed by atoms with van der Waals surface area (Å²) in [6.07, 6.45) is 4.18. The Kier molecular flexibility index (Phi) is 7.23. The molecule has 0 fully saturated rings. The van der Waals surface area contributed by atoms with Crippen molar-refractivity contribution in [1.29, 1.82) is 0 Å². The zero-order valence-corrected chi connectivity index (χ0v) is 12.9. The third kappa shape index (κ3) is 6.75. The molecule has 0 saturated heterocycles. The molecule has 0 aliphatic heterocycles. The third-order valence-electron chi connectivity index (χ3n) is 3.11. The summed E-state index contributed by atoms with van der Waals surface area (Å²) in [5, 5.41) is 2.73. The molecule has 1 aromatic rings. The van der Waals surface area contributed by atoms with Crippen LogP contribution in [0.3, 0.4) is 0 Å². The van der Waals surface area contributed by atoms with Crippen LogP contribution in [0.15, 0.2) is 30.3 Å². The number of nitrogens with one attached hydrogen (secondary N) is 1. The fourth-order valence-electron chi connectivity index (χ4n) is 1.77. The average Bonchev–Trinajstić information content (AvgIpc) is 2.49. The van der Waals surface area contributed by atoms with E-state index in [2.05, 4.69) is 36.0 Å². The molecule has 1 N–H and O–H groups in total. The van der Waals surface area contributed by atoms with Gasteiger partial charge in [0.2, 0.25) is 5.91 Å². The van der Waals surface area contributed by atoms with Crippen molar-refractivity contribution in [1.82, 2.24) is 5.32 Å². The largest absolute Gasteiger partial charge is 0.469 e. The summed E-state index contributed by atoms with van der Waals surface area (Å²) in [5.74, 6) is 0.0824. The van der Waals surface area contributed by atoms with Gasteiger partial charge < -0.3 is 10.1 Å². The summed E-state index contributed by atoms with van der Waals surface area (Å²) in [6, 6.07) is 8.13. The lowest BCUT2D eigenvalue weighted by Gasteiger charge is -2.04. The molecule has 0 radical (unpaired) electrons. The van der Waals surface area contributed by atoms with Crippen LogP contribution in [0.4, 0.5) is 0 Å². The van der Waals surface area contributed by atoms with E-state index in [0.29, 0.717) is 25.3 Å². The van der Waals surface area contributed by atoms with Crippen molar-refractivity contribution >= 4 is 18.0 Å². The highest BCUT2D eigenvalue weighted by Gasteiger charge is 2.01.